The van der Waals surface area contributed by atoms with Gasteiger partial charge in [-0.05, 0) is 37.8 Å². The third kappa shape index (κ3) is 6.26. The maximum Gasteiger partial charge on any atom is 0.321 e. The van der Waals surface area contributed by atoms with Gasteiger partial charge in [0.25, 0.3) is 0 Å². The van der Waals surface area contributed by atoms with Crippen LogP contribution in [0.25, 0.3) is 0 Å². The molecule has 0 heterocycles. The van der Waals surface area contributed by atoms with Crippen LogP contribution in [0.2, 0.25) is 0 Å². The quantitative estimate of drug-likeness (QED) is 0.756. The number of nitrogens with one attached hydrogen (secondary N) is 3. The first-order valence-corrected chi connectivity index (χ1v) is 7.67. The fourth-order valence-electron chi connectivity index (χ4n) is 2.09. The standard InChI is InChI=1S/C17H27N3O2/c1-11(2)9-19-17(22)20-16(21)10-18-14(5)15-8-12(3)6-7-13(15)4/h6-8,11,14,18H,9-10H2,1-5H3,(H2,19,20,21,22)/t14-/m1/s1. The Bertz CT molecular complexity index is 527. The van der Waals surface area contributed by atoms with Gasteiger partial charge in [0.15, 0.2) is 0 Å². The second kappa shape index (κ2) is 8.54. The molecule has 0 aromatic heterocycles. The largest absolute Gasteiger partial charge is 0.338 e. The molecule has 0 aliphatic rings. The number of imide groups is 1. The van der Waals surface area contributed by atoms with Crippen LogP contribution >= 0.6 is 0 Å². The maximum absolute atomic E-state index is 11.8. The molecule has 122 valence electrons. The molecule has 0 radical (unpaired) electrons. The number of rotatable bonds is 6. The van der Waals surface area contributed by atoms with Gasteiger partial charge < -0.3 is 10.6 Å². The van der Waals surface area contributed by atoms with Gasteiger partial charge in [-0.15, -0.1) is 0 Å². The fourth-order valence-corrected chi connectivity index (χ4v) is 2.09. The summed E-state index contributed by atoms with van der Waals surface area (Å²) in [5, 5.41) is 8.11. The molecule has 0 spiro atoms. The van der Waals surface area contributed by atoms with E-state index in [1.807, 2.05) is 34.6 Å². The molecule has 0 saturated heterocycles. The number of hydrogen-bond acceptors (Lipinski definition) is 3. The SMILES string of the molecule is Cc1ccc(C)c([C@@H](C)NCC(=O)NC(=O)NCC(C)C)c1. The Morgan fingerprint density at radius 3 is 2.45 bits per heavy atom. The van der Waals surface area contributed by atoms with Gasteiger partial charge in [-0.1, -0.05) is 37.6 Å². The maximum atomic E-state index is 11.8. The van der Waals surface area contributed by atoms with Crippen LogP contribution in [0.4, 0.5) is 4.79 Å². The Kier molecular flexibility index (Phi) is 7.05. The van der Waals surface area contributed by atoms with Crippen molar-refractivity contribution >= 4 is 11.9 Å². The number of carbonyl (C=O) groups is 2. The van der Waals surface area contributed by atoms with E-state index >= 15 is 0 Å². The van der Waals surface area contributed by atoms with Crippen molar-refractivity contribution in [1.82, 2.24) is 16.0 Å². The van der Waals surface area contributed by atoms with Gasteiger partial charge in [-0.3, -0.25) is 10.1 Å². The van der Waals surface area contributed by atoms with Crippen LogP contribution in [0.3, 0.4) is 0 Å². The van der Waals surface area contributed by atoms with Gasteiger partial charge in [0.2, 0.25) is 5.91 Å². The van der Waals surface area contributed by atoms with Gasteiger partial charge in [0, 0.05) is 12.6 Å². The third-order valence-electron chi connectivity index (χ3n) is 3.39. The average molecular weight is 305 g/mol. The van der Waals surface area contributed by atoms with E-state index in [-0.39, 0.29) is 18.5 Å². The van der Waals surface area contributed by atoms with E-state index in [1.54, 1.807) is 0 Å². The summed E-state index contributed by atoms with van der Waals surface area (Å²) in [4.78, 5) is 23.3. The average Bonchev–Trinajstić information content (AvgIpc) is 2.45. The van der Waals surface area contributed by atoms with Crippen molar-refractivity contribution in [2.45, 2.75) is 40.7 Å². The molecular formula is C17H27N3O2. The minimum atomic E-state index is -0.445. The summed E-state index contributed by atoms with van der Waals surface area (Å²) in [5.41, 5.74) is 3.53. The van der Waals surface area contributed by atoms with E-state index in [4.69, 9.17) is 0 Å². The number of carbonyl (C=O) groups excluding carboxylic acids is 2. The zero-order valence-electron chi connectivity index (χ0n) is 14.1. The molecule has 1 atom stereocenters. The monoisotopic (exact) mass is 305 g/mol. The minimum absolute atomic E-state index is 0.0457. The van der Waals surface area contributed by atoms with Crippen molar-refractivity contribution in [3.05, 3.63) is 34.9 Å². The number of benzene rings is 1. The molecular weight excluding hydrogens is 278 g/mol. The summed E-state index contributed by atoms with van der Waals surface area (Å²) in [6.45, 7) is 10.7. The highest BCUT2D eigenvalue weighted by Gasteiger charge is 2.12. The van der Waals surface area contributed by atoms with Crippen molar-refractivity contribution in [2.24, 2.45) is 5.92 Å². The molecule has 0 bridgehead atoms. The summed E-state index contributed by atoms with van der Waals surface area (Å²) in [7, 11) is 0. The van der Waals surface area contributed by atoms with Crippen LogP contribution in [-0.4, -0.2) is 25.0 Å². The molecule has 0 aliphatic heterocycles. The van der Waals surface area contributed by atoms with E-state index in [0.29, 0.717) is 12.5 Å². The number of urea groups is 1. The van der Waals surface area contributed by atoms with E-state index in [0.717, 1.165) is 5.56 Å². The molecule has 1 rings (SSSR count). The predicted octanol–water partition coefficient (Wildman–Crippen LogP) is 2.44. The number of aryl methyl sites for hydroxylation is 2. The smallest absolute Gasteiger partial charge is 0.321 e. The first kappa shape index (κ1) is 18.2. The first-order valence-electron chi connectivity index (χ1n) is 7.67. The van der Waals surface area contributed by atoms with Crippen LogP contribution in [-0.2, 0) is 4.79 Å². The minimum Gasteiger partial charge on any atom is -0.338 e. The second-order valence-corrected chi connectivity index (χ2v) is 6.11. The molecule has 3 amide bonds. The molecule has 5 nitrogen and oxygen atoms in total. The molecule has 1 aromatic rings. The summed E-state index contributed by atoms with van der Waals surface area (Å²) < 4.78 is 0. The van der Waals surface area contributed by atoms with E-state index in [2.05, 4.69) is 34.1 Å². The Hall–Kier alpha value is -1.88. The third-order valence-corrected chi connectivity index (χ3v) is 3.39. The van der Waals surface area contributed by atoms with Crippen molar-refractivity contribution in [3.63, 3.8) is 0 Å². The van der Waals surface area contributed by atoms with E-state index in [1.165, 1.54) is 11.1 Å². The van der Waals surface area contributed by atoms with Crippen LogP contribution < -0.4 is 16.0 Å². The van der Waals surface area contributed by atoms with E-state index < -0.39 is 6.03 Å². The Morgan fingerprint density at radius 2 is 1.82 bits per heavy atom. The highest BCUT2D eigenvalue weighted by Crippen LogP contribution is 2.18. The van der Waals surface area contributed by atoms with Crippen LogP contribution in [0, 0.1) is 19.8 Å². The lowest BCUT2D eigenvalue weighted by atomic mass is 10.00. The second-order valence-electron chi connectivity index (χ2n) is 6.11. The molecule has 0 unspecified atom stereocenters. The molecule has 22 heavy (non-hydrogen) atoms. The van der Waals surface area contributed by atoms with Crippen molar-refractivity contribution in [1.29, 1.82) is 0 Å². The molecule has 3 N–H and O–H groups in total. The summed E-state index contributed by atoms with van der Waals surface area (Å²) in [6.07, 6.45) is 0. The normalized spacial score (nSPS) is 12.1. The zero-order valence-corrected chi connectivity index (χ0v) is 14.1. The molecule has 5 heteroatoms. The summed E-state index contributed by atoms with van der Waals surface area (Å²) in [6, 6.07) is 5.85. The summed E-state index contributed by atoms with van der Waals surface area (Å²) >= 11 is 0. The summed E-state index contributed by atoms with van der Waals surface area (Å²) in [5.74, 6) is 0.0155. The van der Waals surface area contributed by atoms with Crippen LogP contribution in [0.1, 0.15) is 43.5 Å². The molecule has 0 saturated carbocycles. The zero-order chi connectivity index (χ0) is 16.7. The van der Waals surface area contributed by atoms with Crippen molar-refractivity contribution in [3.8, 4) is 0 Å². The predicted molar refractivity (Wildman–Crippen MR) is 88.7 cm³/mol. The van der Waals surface area contributed by atoms with Gasteiger partial charge in [0.1, 0.15) is 0 Å². The van der Waals surface area contributed by atoms with E-state index in [9.17, 15) is 9.59 Å². The lowest BCUT2D eigenvalue weighted by molar-refractivity contribution is -0.119. The molecule has 0 aliphatic carbocycles. The lowest BCUT2D eigenvalue weighted by Gasteiger charge is -2.17. The highest BCUT2D eigenvalue weighted by atomic mass is 16.2. The number of hydrogen-bond donors (Lipinski definition) is 3. The molecule has 1 aromatic carbocycles. The number of amides is 3. The Morgan fingerprint density at radius 1 is 1.14 bits per heavy atom. The highest BCUT2D eigenvalue weighted by molar-refractivity contribution is 5.95. The van der Waals surface area contributed by atoms with Gasteiger partial charge in [-0.25, -0.2) is 4.79 Å². The fraction of sp³-hybridized carbons (Fsp3) is 0.529. The topological polar surface area (TPSA) is 70.2 Å². The van der Waals surface area contributed by atoms with Gasteiger partial charge in [-0.2, -0.15) is 0 Å². The Labute approximate surface area is 132 Å². The van der Waals surface area contributed by atoms with Gasteiger partial charge >= 0.3 is 6.03 Å². The van der Waals surface area contributed by atoms with Crippen LogP contribution in [0.15, 0.2) is 18.2 Å². The Balaban J connectivity index is 2.43. The van der Waals surface area contributed by atoms with Crippen molar-refractivity contribution in [2.75, 3.05) is 13.1 Å². The first-order chi connectivity index (χ1) is 10.3. The van der Waals surface area contributed by atoms with Crippen molar-refractivity contribution < 1.29 is 9.59 Å². The lowest BCUT2D eigenvalue weighted by Crippen LogP contribution is -2.44. The van der Waals surface area contributed by atoms with Gasteiger partial charge in [0.05, 0.1) is 6.54 Å². The molecule has 0 fully saturated rings. The van der Waals surface area contributed by atoms with Crippen LogP contribution in [0.5, 0.6) is 0 Å².